The Labute approximate surface area is 112 Å². The molecule has 94 valence electrons. The number of anilines is 1. The average Bonchev–Trinajstić information content (AvgIpc) is 2.37. The Hall–Kier alpha value is -1.28. The Bertz CT molecular complexity index is 317. The van der Waals surface area contributed by atoms with E-state index >= 15 is 0 Å². The zero-order valence-corrected chi connectivity index (χ0v) is 11.3. The van der Waals surface area contributed by atoms with Crippen LogP contribution in [0, 0.1) is 5.82 Å². The van der Waals surface area contributed by atoms with Crippen LogP contribution in [0.2, 0.25) is 5.02 Å². The second kappa shape index (κ2) is 11.2. The molecule has 0 aliphatic heterocycles. The van der Waals surface area contributed by atoms with Crippen molar-refractivity contribution in [3.8, 4) is 0 Å². The van der Waals surface area contributed by atoms with Crippen molar-refractivity contribution in [3.63, 3.8) is 0 Å². The van der Waals surface area contributed by atoms with Crippen molar-refractivity contribution in [2.75, 3.05) is 5.73 Å². The standard InChI is InChI=1S/C6H6FN.C5H5N.C2H5.Rh/c7-5-1-3-6(8)4-2-5;1-2-4-6-5-3-1;1-2;/h1-4H,8H2;1-5H;1H2,2H3;. The Morgan fingerprint density at radius 3 is 1.82 bits per heavy atom. The fourth-order valence-electron chi connectivity index (χ4n) is 0.775. The molecule has 0 atom stereocenters. The summed E-state index contributed by atoms with van der Waals surface area (Å²) in [6, 6.07) is 11.4. The molecule has 0 radical (unpaired) electrons. The molecule has 2 N–H and O–H groups in total. The molecule has 0 fully saturated rings. The van der Waals surface area contributed by atoms with Gasteiger partial charge in [0.15, 0.2) is 0 Å². The molecule has 1 heterocycles. The smallest absolute Gasteiger partial charge is 0.123 e. The molecule has 2 rings (SSSR count). The van der Waals surface area contributed by atoms with Crippen LogP contribution in [0.1, 0.15) is 6.92 Å². The zero-order chi connectivity index (χ0) is 12.9. The maximum atomic E-state index is 12.0. The number of hydrogen-bond donors (Lipinski definition) is 1. The number of nitrogen functional groups attached to an aromatic ring is 1. The van der Waals surface area contributed by atoms with Crippen LogP contribution in [-0.4, -0.2) is 4.98 Å². The first kappa shape index (κ1) is 15.7. The molecule has 0 aliphatic rings. The van der Waals surface area contributed by atoms with Gasteiger partial charge in [-0.25, -0.2) is 4.39 Å². The maximum Gasteiger partial charge on any atom is 0.123 e. The van der Waals surface area contributed by atoms with Gasteiger partial charge >= 0.3 is 30.2 Å². The van der Waals surface area contributed by atoms with Crippen LogP contribution >= 0.6 is 0 Å². The maximum absolute atomic E-state index is 12.0. The van der Waals surface area contributed by atoms with Crippen LogP contribution < -0.4 is 5.73 Å². The Morgan fingerprint density at radius 1 is 1.12 bits per heavy atom. The van der Waals surface area contributed by atoms with Crippen molar-refractivity contribution in [2.24, 2.45) is 0 Å². The molecule has 2 aromatic rings. The summed E-state index contributed by atoms with van der Waals surface area (Å²) < 4.78 is 12.0. The first-order valence-electron chi connectivity index (χ1n) is 5.09. The SMILES string of the molecule is C[CH2][Rh].Nc1ccc(F)cc1.c1ccncc1. The zero-order valence-electron chi connectivity index (χ0n) is 9.64. The van der Waals surface area contributed by atoms with Gasteiger partial charge in [-0.1, -0.05) is 6.07 Å². The van der Waals surface area contributed by atoms with E-state index in [1.165, 1.54) is 24.3 Å². The van der Waals surface area contributed by atoms with E-state index in [0.29, 0.717) is 5.69 Å². The molecule has 1 aromatic heterocycles. The third-order valence-electron chi connectivity index (χ3n) is 1.44. The van der Waals surface area contributed by atoms with Crippen LogP contribution in [0.25, 0.3) is 0 Å². The number of hydrogen-bond acceptors (Lipinski definition) is 2. The second-order valence-corrected chi connectivity index (χ2v) is 3.97. The number of pyridine rings is 1. The van der Waals surface area contributed by atoms with Gasteiger partial charge in [-0.05, 0) is 36.4 Å². The van der Waals surface area contributed by atoms with E-state index in [2.05, 4.69) is 30.2 Å². The predicted molar refractivity (Wildman–Crippen MR) is 65.5 cm³/mol. The summed E-state index contributed by atoms with van der Waals surface area (Å²) in [5.74, 6) is -0.251. The van der Waals surface area contributed by atoms with Gasteiger partial charge in [0.05, 0.1) is 0 Å². The van der Waals surface area contributed by atoms with Crippen molar-refractivity contribution in [2.45, 2.75) is 11.9 Å². The molecule has 0 unspecified atom stereocenters. The fraction of sp³-hybridized carbons (Fsp3) is 0.154. The van der Waals surface area contributed by atoms with Crippen LogP contribution in [0.3, 0.4) is 0 Å². The molecule has 4 heteroatoms. The predicted octanol–water partition coefficient (Wildman–Crippen LogP) is 3.46. The van der Waals surface area contributed by atoms with Crippen LogP contribution in [-0.2, 0) is 18.3 Å². The monoisotopic (exact) mass is 322 g/mol. The van der Waals surface area contributed by atoms with Crippen LogP contribution in [0.15, 0.2) is 54.9 Å². The van der Waals surface area contributed by atoms with E-state index in [0.717, 1.165) is 5.02 Å². The Morgan fingerprint density at radius 2 is 1.59 bits per heavy atom. The normalized spacial score (nSPS) is 8.24. The molecular formula is C13H16FN2Rh. The largest absolute Gasteiger partial charge is 0.399 e. The summed E-state index contributed by atoms with van der Waals surface area (Å²) in [5.41, 5.74) is 5.85. The summed E-state index contributed by atoms with van der Waals surface area (Å²) in [5, 5.41) is 1.14. The molecule has 0 saturated heterocycles. The minimum Gasteiger partial charge on any atom is -0.399 e. The van der Waals surface area contributed by atoms with Gasteiger partial charge in [0, 0.05) is 18.1 Å². The Kier molecular flexibility index (Phi) is 10.4. The van der Waals surface area contributed by atoms with Crippen molar-refractivity contribution in [3.05, 3.63) is 60.7 Å². The molecule has 0 aliphatic carbocycles. The Balaban J connectivity index is 0.000000252. The van der Waals surface area contributed by atoms with Crippen molar-refractivity contribution < 1.29 is 22.7 Å². The first-order valence-corrected chi connectivity index (χ1v) is 6.25. The van der Waals surface area contributed by atoms with E-state index < -0.39 is 0 Å². The van der Waals surface area contributed by atoms with Gasteiger partial charge < -0.3 is 5.73 Å². The summed E-state index contributed by atoms with van der Waals surface area (Å²) in [6.45, 7) is 2.08. The molecule has 0 spiro atoms. The number of halogens is 1. The average molecular weight is 322 g/mol. The van der Waals surface area contributed by atoms with E-state index in [9.17, 15) is 4.39 Å². The summed E-state index contributed by atoms with van der Waals surface area (Å²) >= 11 is 2.72. The number of benzene rings is 1. The van der Waals surface area contributed by atoms with Gasteiger partial charge in [0.2, 0.25) is 0 Å². The number of nitrogens with two attached hydrogens (primary N) is 1. The fourth-order valence-corrected chi connectivity index (χ4v) is 0.775. The topological polar surface area (TPSA) is 38.9 Å². The van der Waals surface area contributed by atoms with Crippen molar-refractivity contribution in [1.82, 2.24) is 4.98 Å². The van der Waals surface area contributed by atoms with Gasteiger partial charge in [0.25, 0.3) is 0 Å². The number of nitrogens with zero attached hydrogens (tertiary/aromatic N) is 1. The molecule has 2 nitrogen and oxygen atoms in total. The number of aromatic nitrogens is 1. The van der Waals surface area contributed by atoms with Crippen molar-refractivity contribution >= 4 is 5.69 Å². The van der Waals surface area contributed by atoms with Gasteiger partial charge in [-0.2, -0.15) is 0 Å². The van der Waals surface area contributed by atoms with Gasteiger partial charge in [0.1, 0.15) is 5.82 Å². The minimum absolute atomic E-state index is 0.251. The van der Waals surface area contributed by atoms with E-state index in [4.69, 9.17) is 5.73 Å². The molecule has 0 saturated carbocycles. The first-order chi connectivity index (χ1) is 8.20. The molecule has 0 amide bonds. The van der Waals surface area contributed by atoms with Crippen LogP contribution in [0.5, 0.6) is 0 Å². The summed E-state index contributed by atoms with van der Waals surface area (Å²) in [7, 11) is 0. The third-order valence-corrected chi connectivity index (χ3v) is 1.44. The molecular weight excluding hydrogens is 306 g/mol. The summed E-state index contributed by atoms with van der Waals surface area (Å²) in [6.07, 6.45) is 3.50. The van der Waals surface area contributed by atoms with E-state index in [-0.39, 0.29) is 5.82 Å². The van der Waals surface area contributed by atoms with Crippen molar-refractivity contribution in [1.29, 1.82) is 0 Å². The summed E-state index contributed by atoms with van der Waals surface area (Å²) in [4.78, 5) is 3.78. The van der Waals surface area contributed by atoms with Crippen LogP contribution in [0.4, 0.5) is 10.1 Å². The van der Waals surface area contributed by atoms with E-state index in [1.54, 1.807) is 12.4 Å². The van der Waals surface area contributed by atoms with E-state index in [1.807, 2.05) is 18.2 Å². The van der Waals surface area contributed by atoms with Gasteiger partial charge in [-0.3, -0.25) is 4.98 Å². The quantitative estimate of drug-likeness (QED) is 0.596. The molecule has 1 aromatic carbocycles. The van der Waals surface area contributed by atoms with Gasteiger partial charge in [-0.15, -0.1) is 0 Å². The second-order valence-electron chi connectivity index (χ2n) is 2.81. The molecule has 0 bridgehead atoms. The third kappa shape index (κ3) is 11.0. The minimum atomic E-state index is -0.251. The molecule has 17 heavy (non-hydrogen) atoms. The number of rotatable bonds is 0.